The molecule has 6 nitrogen and oxygen atoms in total. The van der Waals surface area contributed by atoms with E-state index < -0.39 is 0 Å². The Morgan fingerprint density at radius 3 is 3.05 bits per heavy atom. The third kappa shape index (κ3) is 2.74. The average Bonchev–Trinajstić information content (AvgIpc) is 3.08. The molecule has 2 aromatic heterocycles. The van der Waals surface area contributed by atoms with Crippen molar-refractivity contribution >= 4 is 5.91 Å². The lowest BCUT2D eigenvalue weighted by Crippen LogP contribution is -2.49. The van der Waals surface area contributed by atoms with Gasteiger partial charge in [0.15, 0.2) is 0 Å². The van der Waals surface area contributed by atoms with E-state index in [1.54, 1.807) is 28.0 Å². The zero-order chi connectivity index (χ0) is 15.5. The molecule has 6 heteroatoms. The first-order valence-corrected chi connectivity index (χ1v) is 7.58. The molecule has 2 unspecified atom stereocenters. The van der Waals surface area contributed by atoms with Gasteiger partial charge in [0.05, 0.1) is 18.3 Å². The molecule has 0 saturated carbocycles. The number of nitrogens with zero attached hydrogens (tertiary/aromatic N) is 4. The first-order chi connectivity index (χ1) is 10.7. The Morgan fingerprint density at radius 2 is 2.32 bits per heavy atom. The van der Waals surface area contributed by atoms with Gasteiger partial charge in [-0.05, 0) is 37.0 Å². The SMILES string of the molecule is CC1CCCN(C(=O)c2cc(-n3cccn3)ccn2)C1CO. The quantitative estimate of drug-likeness (QED) is 0.932. The highest BCUT2D eigenvalue weighted by Gasteiger charge is 2.32. The first kappa shape index (κ1) is 14.7. The molecule has 0 aromatic carbocycles. The molecule has 0 aliphatic carbocycles. The van der Waals surface area contributed by atoms with Crippen molar-refractivity contribution < 1.29 is 9.90 Å². The standard InChI is InChI=1S/C16H20N4O2/c1-12-4-2-8-19(15(12)11-21)16(22)14-10-13(5-7-17-14)20-9-3-6-18-20/h3,5-7,9-10,12,15,21H,2,4,8,11H2,1H3. The first-order valence-electron chi connectivity index (χ1n) is 7.58. The lowest BCUT2D eigenvalue weighted by Gasteiger charge is -2.38. The molecule has 3 heterocycles. The van der Waals surface area contributed by atoms with Crippen LogP contribution in [0.1, 0.15) is 30.3 Å². The van der Waals surface area contributed by atoms with E-state index in [9.17, 15) is 9.90 Å². The second-order valence-electron chi connectivity index (χ2n) is 5.72. The molecule has 0 bridgehead atoms. The van der Waals surface area contributed by atoms with Crippen LogP contribution < -0.4 is 0 Å². The van der Waals surface area contributed by atoms with Crippen LogP contribution in [0.3, 0.4) is 0 Å². The molecule has 3 rings (SSSR count). The van der Waals surface area contributed by atoms with E-state index in [0.29, 0.717) is 18.2 Å². The number of aliphatic hydroxyl groups excluding tert-OH is 1. The second kappa shape index (κ2) is 6.27. The summed E-state index contributed by atoms with van der Waals surface area (Å²) < 4.78 is 1.70. The summed E-state index contributed by atoms with van der Waals surface area (Å²) in [5.41, 5.74) is 1.19. The van der Waals surface area contributed by atoms with Crippen LogP contribution in [0.25, 0.3) is 5.69 Å². The van der Waals surface area contributed by atoms with Crippen molar-refractivity contribution in [1.29, 1.82) is 0 Å². The Kier molecular flexibility index (Phi) is 4.20. The molecular formula is C16H20N4O2. The maximum absolute atomic E-state index is 12.8. The summed E-state index contributed by atoms with van der Waals surface area (Å²) >= 11 is 0. The molecule has 1 amide bonds. The van der Waals surface area contributed by atoms with Crippen molar-refractivity contribution in [2.45, 2.75) is 25.8 Å². The highest BCUT2D eigenvalue weighted by molar-refractivity contribution is 5.93. The number of hydrogen-bond donors (Lipinski definition) is 1. The highest BCUT2D eigenvalue weighted by atomic mass is 16.3. The van der Waals surface area contributed by atoms with Crippen molar-refractivity contribution in [3.05, 3.63) is 42.5 Å². The number of hydrogen-bond acceptors (Lipinski definition) is 4. The topological polar surface area (TPSA) is 71.2 Å². The molecule has 22 heavy (non-hydrogen) atoms. The maximum Gasteiger partial charge on any atom is 0.272 e. The van der Waals surface area contributed by atoms with E-state index in [0.717, 1.165) is 18.5 Å². The van der Waals surface area contributed by atoms with Gasteiger partial charge >= 0.3 is 0 Å². The Morgan fingerprint density at radius 1 is 1.45 bits per heavy atom. The lowest BCUT2D eigenvalue weighted by molar-refractivity contribution is 0.0353. The number of carbonyl (C=O) groups is 1. The van der Waals surface area contributed by atoms with Crippen LogP contribution in [0.4, 0.5) is 0 Å². The molecule has 1 fully saturated rings. The summed E-state index contributed by atoms with van der Waals surface area (Å²) in [6.07, 6.45) is 7.13. The van der Waals surface area contributed by atoms with Crippen LogP contribution in [0.15, 0.2) is 36.8 Å². The van der Waals surface area contributed by atoms with Gasteiger partial charge in [-0.2, -0.15) is 5.10 Å². The molecule has 0 radical (unpaired) electrons. The molecular weight excluding hydrogens is 280 g/mol. The number of aliphatic hydroxyl groups is 1. The molecule has 116 valence electrons. The minimum Gasteiger partial charge on any atom is -0.394 e. The second-order valence-corrected chi connectivity index (χ2v) is 5.72. The van der Waals surface area contributed by atoms with Crippen LogP contribution in [0.2, 0.25) is 0 Å². The van der Waals surface area contributed by atoms with E-state index in [1.807, 2.05) is 18.3 Å². The fourth-order valence-electron chi connectivity index (χ4n) is 3.03. The van der Waals surface area contributed by atoms with Crippen molar-refractivity contribution in [3.63, 3.8) is 0 Å². The van der Waals surface area contributed by atoms with E-state index in [1.165, 1.54) is 0 Å². The molecule has 2 atom stereocenters. The minimum atomic E-state index is -0.128. The number of piperidine rings is 1. The van der Waals surface area contributed by atoms with Crippen LogP contribution in [0, 0.1) is 5.92 Å². The Labute approximate surface area is 129 Å². The van der Waals surface area contributed by atoms with Crippen LogP contribution in [0.5, 0.6) is 0 Å². The lowest BCUT2D eigenvalue weighted by atomic mass is 9.91. The van der Waals surface area contributed by atoms with E-state index in [4.69, 9.17) is 0 Å². The van der Waals surface area contributed by atoms with Crippen LogP contribution in [-0.4, -0.2) is 49.9 Å². The molecule has 1 N–H and O–H groups in total. The largest absolute Gasteiger partial charge is 0.394 e. The summed E-state index contributed by atoms with van der Waals surface area (Å²) in [7, 11) is 0. The summed E-state index contributed by atoms with van der Waals surface area (Å²) in [5.74, 6) is 0.177. The van der Waals surface area contributed by atoms with Crippen molar-refractivity contribution in [2.24, 2.45) is 5.92 Å². The molecule has 2 aromatic rings. The highest BCUT2D eigenvalue weighted by Crippen LogP contribution is 2.24. The van der Waals surface area contributed by atoms with Gasteiger partial charge in [-0.15, -0.1) is 0 Å². The maximum atomic E-state index is 12.8. The van der Waals surface area contributed by atoms with E-state index in [2.05, 4.69) is 17.0 Å². The monoisotopic (exact) mass is 300 g/mol. The van der Waals surface area contributed by atoms with Gasteiger partial charge in [-0.1, -0.05) is 6.92 Å². The molecule has 1 aliphatic rings. The Bertz CT molecular complexity index is 641. The van der Waals surface area contributed by atoms with Gasteiger partial charge < -0.3 is 10.0 Å². The van der Waals surface area contributed by atoms with Crippen LogP contribution in [-0.2, 0) is 0 Å². The third-order valence-electron chi connectivity index (χ3n) is 4.30. The van der Waals surface area contributed by atoms with Crippen molar-refractivity contribution in [1.82, 2.24) is 19.7 Å². The van der Waals surface area contributed by atoms with Gasteiger partial charge in [0.1, 0.15) is 5.69 Å². The average molecular weight is 300 g/mol. The normalized spacial score (nSPS) is 21.8. The summed E-state index contributed by atoms with van der Waals surface area (Å²) in [5, 5.41) is 13.8. The minimum absolute atomic E-state index is 0.00818. The van der Waals surface area contributed by atoms with E-state index >= 15 is 0 Å². The number of pyridine rings is 1. The molecule has 0 spiro atoms. The van der Waals surface area contributed by atoms with Crippen molar-refractivity contribution in [3.8, 4) is 5.69 Å². The summed E-state index contributed by atoms with van der Waals surface area (Å²) in [6, 6.07) is 5.25. The Hall–Kier alpha value is -2.21. The van der Waals surface area contributed by atoms with Gasteiger partial charge in [-0.25, -0.2) is 4.68 Å². The molecule has 1 aliphatic heterocycles. The van der Waals surface area contributed by atoms with E-state index in [-0.39, 0.29) is 18.6 Å². The Balaban J connectivity index is 1.87. The smallest absolute Gasteiger partial charge is 0.272 e. The number of amides is 1. The number of carbonyl (C=O) groups excluding carboxylic acids is 1. The predicted molar refractivity (Wildman–Crippen MR) is 81.7 cm³/mol. The predicted octanol–water partition coefficient (Wildman–Crippen LogP) is 1.50. The van der Waals surface area contributed by atoms with Gasteiger partial charge in [-0.3, -0.25) is 9.78 Å². The zero-order valence-electron chi connectivity index (χ0n) is 12.6. The van der Waals surface area contributed by atoms with Crippen LogP contribution >= 0.6 is 0 Å². The van der Waals surface area contributed by atoms with Gasteiger partial charge in [0.2, 0.25) is 0 Å². The fraction of sp³-hybridized carbons (Fsp3) is 0.438. The van der Waals surface area contributed by atoms with Gasteiger partial charge in [0, 0.05) is 25.1 Å². The number of rotatable bonds is 3. The zero-order valence-corrected chi connectivity index (χ0v) is 12.6. The number of aromatic nitrogens is 3. The summed E-state index contributed by atoms with van der Waals surface area (Å²) in [6.45, 7) is 2.74. The van der Waals surface area contributed by atoms with Crippen molar-refractivity contribution in [2.75, 3.05) is 13.2 Å². The third-order valence-corrected chi connectivity index (χ3v) is 4.30. The number of likely N-dealkylation sites (tertiary alicyclic amines) is 1. The molecule has 1 saturated heterocycles. The summed E-state index contributed by atoms with van der Waals surface area (Å²) in [4.78, 5) is 18.7. The van der Waals surface area contributed by atoms with Gasteiger partial charge in [0.25, 0.3) is 5.91 Å². The fourth-order valence-corrected chi connectivity index (χ4v) is 3.03.